The second kappa shape index (κ2) is 7.15. The van der Waals surface area contributed by atoms with E-state index < -0.39 is 0 Å². The molecule has 0 radical (unpaired) electrons. The molecular formula is C23H24N4S. The Balaban J connectivity index is 1.38. The summed E-state index contributed by atoms with van der Waals surface area (Å²) in [6, 6.07) is 14.1. The molecule has 0 aliphatic carbocycles. The topological polar surface area (TPSA) is 34.0 Å². The fourth-order valence-corrected chi connectivity index (χ4v) is 4.98. The van der Waals surface area contributed by atoms with Gasteiger partial charge in [-0.15, -0.1) is 11.3 Å². The first-order valence-electron chi connectivity index (χ1n) is 9.83. The molecule has 1 aliphatic rings. The third kappa shape index (κ3) is 3.25. The zero-order valence-corrected chi connectivity index (χ0v) is 17.1. The van der Waals surface area contributed by atoms with Crippen molar-refractivity contribution in [1.82, 2.24) is 19.7 Å². The molecule has 0 amide bonds. The minimum atomic E-state index is 0.489. The van der Waals surface area contributed by atoms with Crippen LogP contribution in [0.1, 0.15) is 35.6 Å². The van der Waals surface area contributed by atoms with Crippen molar-refractivity contribution in [1.29, 1.82) is 0 Å². The van der Waals surface area contributed by atoms with Crippen LogP contribution in [0.3, 0.4) is 0 Å². The van der Waals surface area contributed by atoms with E-state index in [1.165, 1.54) is 45.4 Å². The highest BCUT2D eigenvalue weighted by atomic mass is 32.1. The Morgan fingerprint density at radius 3 is 2.89 bits per heavy atom. The van der Waals surface area contributed by atoms with Crippen LogP contribution < -0.4 is 0 Å². The Labute approximate surface area is 169 Å². The van der Waals surface area contributed by atoms with Crippen molar-refractivity contribution >= 4 is 21.6 Å². The minimum Gasteiger partial charge on any atom is -0.292 e. The van der Waals surface area contributed by atoms with Crippen LogP contribution in [0.15, 0.2) is 54.3 Å². The molecule has 0 saturated carbocycles. The van der Waals surface area contributed by atoms with Gasteiger partial charge in [-0.1, -0.05) is 24.3 Å². The largest absolute Gasteiger partial charge is 0.292 e. The van der Waals surface area contributed by atoms with Crippen molar-refractivity contribution in [3.05, 3.63) is 71.0 Å². The Kier molecular flexibility index (Phi) is 4.49. The van der Waals surface area contributed by atoms with Crippen LogP contribution in [-0.2, 0) is 13.6 Å². The molecule has 0 N–H and O–H groups in total. The van der Waals surface area contributed by atoms with Gasteiger partial charge in [-0.25, -0.2) is 4.98 Å². The van der Waals surface area contributed by atoms with Crippen LogP contribution >= 0.6 is 11.3 Å². The lowest BCUT2D eigenvalue weighted by Gasteiger charge is -2.26. The van der Waals surface area contributed by atoms with Crippen molar-refractivity contribution in [3.8, 4) is 11.1 Å². The SMILES string of the molecule is Cc1cc(-c2cnn(C)c2)ccc1CN1CCC[C@H]1c1ccc2scnc2c1. The van der Waals surface area contributed by atoms with Gasteiger partial charge in [0.25, 0.3) is 0 Å². The number of fused-ring (bicyclic) bond motifs is 1. The molecule has 1 saturated heterocycles. The van der Waals surface area contributed by atoms with Gasteiger partial charge >= 0.3 is 0 Å². The number of benzene rings is 2. The summed E-state index contributed by atoms with van der Waals surface area (Å²) < 4.78 is 3.13. The van der Waals surface area contributed by atoms with Gasteiger partial charge in [-0.05, 0) is 60.7 Å². The van der Waals surface area contributed by atoms with Crippen molar-refractivity contribution < 1.29 is 0 Å². The van der Waals surface area contributed by atoms with Gasteiger partial charge in [0.05, 0.1) is 21.9 Å². The predicted molar refractivity (Wildman–Crippen MR) is 115 cm³/mol. The molecule has 5 heteroatoms. The fraction of sp³-hybridized carbons (Fsp3) is 0.304. The maximum absolute atomic E-state index is 4.51. The molecule has 5 rings (SSSR count). The second-order valence-electron chi connectivity index (χ2n) is 7.75. The second-order valence-corrected chi connectivity index (χ2v) is 8.64. The van der Waals surface area contributed by atoms with Crippen molar-refractivity contribution in [2.24, 2.45) is 7.05 Å². The predicted octanol–water partition coefficient (Wildman–Crippen LogP) is 5.34. The number of rotatable bonds is 4. The number of hydrogen-bond donors (Lipinski definition) is 0. The van der Waals surface area contributed by atoms with Crippen molar-refractivity contribution in [2.45, 2.75) is 32.4 Å². The maximum atomic E-state index is 4.51. The van der Waals surface area contributed by atoms with E-state index in [0.717, 1.165) is 18.6 Å². The fourth-order valence-electron chi connectivity index (χ4n) is 4.32. The highest BCUT2D eigenvalue weighted by Gasteiger charge is 2.26. The molecule has 142 valence electrons. The summed E-state index contributed by atoms with van der Waals surface area (Å²) in [6.07, 6.45) is 6.48. The van der Waals surface area contributed by atoms with E-state index in [2.05, 4.69) is 64.5 Å². The number of nitrogens with zero attached hydrogens (tertiary/aromatic N) is 4. The summed E-state index contributed by atoms with van der Waals surface area (Å²) >= 11 is 1.71. The number of hydrogen-bond acceptors (Lipinski definition) is 4. The molecule has 1 fully saturated rings. The van der Waals surface area contributed by atoms with E-state index in [9.17, 15) is 0 Å². The van der Waals surface area contributed by atoms with Crippen LogP contribution in [0.4, 0.5) is 0 Å². The maximum Gasteiger partial charge on any atom is 0.0815 e. The smallest absolute Gasteiger partial charge is 0.0815 e. The Bertz CT molecular complexity index is 1130. The first-order chi connectivity index (χ1) is 13.7. The van der Waals surface area contributed by atoms with Gasteiger partial charge < -0.3 is 0 Å². The average molecular weight is 389 g/mol. The molecule has 1 aliphatic heterocycles. The molecular weight excluding hydrogens is 364 g/mol. The van der Waals surface area contributed by atoms with Crippen molar-refractivity contribution in [2.75, 3.05) is 6.54 Å². The summed E-state index contributed by atoms with van der Waals surface area (Å²) in [5.74, 6) is 0. The molecule has 0 unspecified atom stereocenters. The molecule has 2 aromatic heterocycles. The third-order valence-corrected chi connectivity index (χ3v) is 6.67. The van der Waals surface area contributed by atoms with Gasteiger partial charge in [0.1, 0.15) is 0 Å². The van der Waals surface area contributed by atoms with E-state index in [0.29, 0.717) is 6.04 Å². The van der Waals surface area contributed by atoms with Gasteiger partial charge in [-0.2, -0.15) is 5.10 Å². The first-order valence-corrected chi connectivity index (χ1v) is 10.7. The summed E-state index contributed by atoms with van der Waals surface area (Å²) in [5.41, 5.74) is 9.64. The lowest BCUT2D eigenvalue weighted by Crippen LogP contribution is -2.23. The van der Waals surface area contributed by atoms with E-state index >= 15 is 0 Å². The summed E-state index contributed by atoms with van der Waals surface area (Å²) in [5, 5.41) is 4.29. The number of aryl methyl sites for hydroxylation is 2. The van der Waals surface area contributed by atoms with Gasteiger partial charge in [0.15, 0.2) is 0 Å². The van der Waals surface area contributed by atoms with Crippen LogP contribution in [0.25, 0.3) is 21.3 Å². The molecule has 0 bridgehead atoms. The number of aromatic nitrogens is 3. The van der Waals surface area contributed by atoms with Gasteiger partial charge in [0, 0.05) is 31.4 Å². The lowest BCUT2D eigenvalue weighted by molar-refractivity contribution is 0.248. The van der Waals surface area contributed by atoms with Crippen LogP contribution in [0.5, 0.6) is 0 Å². The molecule has 3 heterocycles. The van der Waals surface area contributed by atoms with Gasteiger partial charge in [-0.3, -0.25) is 9.58 Å². The molecule has 4 aromatic rings. The molecule has 28 heavy (non-hydrogen) atoms. The van der Waals surface area contributed by atoms with E-state index in [-0.39, 0.29) is 0 Å². The molecule has 4 nitrogen and oxygen atoms in total. The normalized spacial score (nSPS) is 17.6. The summed E-state index contributed by atoms with van der Waals surface area (Å²) in [7, 11) is 1.96. The number of likely N-dealkylation sites (tertiary alicyclic amines) is 1. The number of thiazole rings is 1. The Morgan fingerprint density at radius 2 is 2.07 bits per heavy atom. The van der Waals surface area contributed by atoms with Crippen molar-refractivity contribution in [3.63, 3.8) is 0 Å². The van der Waals surface area contributed by atoms with Gasteiger partial charge in [0.2, 0.25) is 0 Å². The standard InChI is InChI=1S/C23H24N4S/c1-16-10-17(20-12-25-26(2)13-20)5-6-19(16)14-27-9-3-4-22(27)18-7-8-23-21(11-18)24-15-28-23/h5-8,10-13,15,22H,3-4,9,14H2,1-2H3/t22-/m0/s1. The molecule has 2 aromatic carbocycles. The molecule has 0 spiro atoms. The minimum absolute atomic E-state index is 0.489. The summed E-state index contributed by atoms with van der Waals surface area (Å²) in [4.78, 5) is 7.13. The zero-order chi connectivity index (χ0) is 19.1. The first kappa shape index (κ1) is 17.6. The van der Waals surface area contributed by atoms with E-state index in [1.54, 1.807) is 11.3 Å². The van der Waals surface area contributed by atoms with Crippen LogP contribution in [0.2, 0.25) is 0 Å². The quantitative estimate of drug-likeness (QED) is 0.473. The zero-order valence-electron chi connectivity index (χ0n) is 16.3. The average Bonchev–Trinajstić information content (AvgIpc) is 3.43. The van der Waals surface area contributed by atoms with Crippen LogP contribution in [-0.4, -0.2) is 26.2 Å². The Morgan fingerprint density at radius 1 is 1.14 bits per heavy atom. The highest BCUT2D eigenvalue weighted by Crippen LogP contribution is 2.35. The van der Waals surface area contributed by atoms with E-state index in [1.807, 2.05) is 23.4 Å². The highest BCUT2D eigenvalue weighted by molar-refractivity contribution is 7.16. The monoisotopic (exact) mass is 388 g/mol. The molecule has 1 atom stereocenters. The summed E-state index contributed by atoms with van der Waals surface area (Å²) in [6.45, 7) is 4.38. The lowest BCUT2D eigenvalue weighted by atomic mass is 10.00. The Hall–Kier alpha value is -2.50. The third-order valence-electron chi connectivity index (χ3n) is 5.86. The van der Waals surface area contributed by atoms with E-state index in [4.69, 9.17) is 0 Å². The van der Waals surface area contributed by atoms with Crippen LogP contribution in [0, 0.1) is 6.92 Å².